The third-order valence-corrected chi connectivity index (χ3v) is 3.80. The molecule has 1 heterocycles. The third kappa shape index (κ3) is 1.83. The van der Waals surface area contributed by atoms with Crippen molar-refractivity contribution < 1.29 is 14.6 Å². The van der Waals surface area contributed by atoms with E-state index in [1.807, 2.05) is 5.38 Å². The monoisotopic (exact) mass is 242 g/mol. The molecule has 88 valence electrons. The first-order valence-corrected chi connectivity index (χ1v) is 5.90. The molecule has 1 aromatic rings. The van der Waals surface area contributed by atoms with E-state index in [0.29, 0.717) is 6.61 Å². The Morgan fingerprint density at radius 3 is 3.00 bits per heavy atom. The number of carbonyl (C=O) groups is 1. The number of aliphatic carboxylic acids is 1. The molecule has 1 saturated carbocycles. The van der Waals surface area contributed by atoms with E-state index in [2.05, 4.69) is 4.98 Å². The van der Waals surface area contributed by atoms with Crippen molar-refractivity contribution in [1.29, 1.82) is 0 Å². The van der Waals surface area contributed by atoms with Crippen LogP contribution in [0.1, 0.15) is 23.5 Å². The molecule has 0 aliphatic heterocycles. The number of thiazole rings is 1. The van der Waals surface area contributed by atoms with Crippen LogP contribution in [0, 0.1) is 0 Å². The summed E-state index contributed by atoms with van der Waals surface area (Å²) in [5, 5.41) is 11.7. The van der Waals surface area contributed by atoms with Gasteiger partial charge in [-0.3, -0.25) is 4.79 Å². The minimum absolute atomic E-state index is 0.436. The summed E-state index contributed by atoms with van der Waals surface area (Å²) >= 11 is 1.49. The number of nitrogens with two attached hydrogens (primary N) is 1. The molecule has 1 atom stereocenters. The van der Waals surface area contributed by atoms with Crippen molar-refractivity contribution in [3.63, 3.8) is 0 Å². The number of aromatic nitrogens is 1. The second-order valence-corrected chi connectivity index (χ2v) is 4.97. The Balaban J connectivity index is 2.19. The molecule has 0 aromatic carbocycles. The molecule has 0 saturated heterocycles. The van der Waals surface area contributed by atoms with Crippen LogP contribution in [0.5, 0.6) is 0 Å². The average Bonchev–Trinajstić information content (AvgIpc) is 2.93. The van der Waals surface area contributed by atoms with Gasteiger partial charge in [-0.25, -0.2) is 4.98 Å². The van der Waals surface area contributed by atoms with Gasteiger partial charge in [-0.05, 0) is 12.8 Å². The standard InChI is InChI=1S/C10H14N2O3S/c1-15-4-7-12-6(5-16-7)10(2-3-10)8(11)9(13)14/h5,8H,2-4,11H2,1H3,(H,13,14). The van der Waals surface area contributed by atoms with Gasteiger partial charge in [0.1, 0.15) is 11.0 Å². The smallest absolute Gasteiger partial charge is 0.321 e. The summed E-state index contributed by atoms with van der Waals surface area (Å²) in [7, 11) is 1.61. The number of methoxy groups -OCH3 is 1. The maximum atomic E-state index is 10.9. The lowest BCUT2D eigenvalue weighted by molar-refractivity contribution is -0.139. The fourth-order valence-corrected chi connectivity index (χ4v) is 2.70. The topological polar surface area (TPSA) is 85.4 Å². The number of carboxylic acids is 1. The van der Waals surface area contributed by atoms with Crippen molar-refractivity contribution in [2.75, 3.05) is 7.11 Å². The summed E-state index contributed by atoms with van der Waals surface area (Å²) in [6, 6.07) is -0.856. The van der Waals surface area contributed by atoms with Crippen molar-refractivity contribution in [2.45, 2.75) is 30.9 Å². The lowest BCUT2D eigenvalue weighted by Crippen LogP contribution is -2.42. The molecule has 6 heteroatoms. The molecule has 1 aromatic heterocycles. The van der Waals surface area contributed by atoms with E-state index in [1.165, 1.54) is 11.3 Å². The number of hydrogen-bond acceptors (Lipinski definition) is 5. The first-order chi connectivity index (χ1) is 7.60. The number of carboxylic acid groups (broad SMARTS) is 1. The van der Waals surface area contributed by atoms with E-state index in [1.54, 1.807) is 7.11 Å². The summed E-state index contributed by atoms with van der Waals surface area (Å²) in [4.78, 5) is 15.3. The third-order valence-electron chi connectivity index (χ3n) is 2.98. The van der Waals surface area contributed by atoms with Gasteiger partial charge in [0, 0.05) is 17.9 Å². The van der Waals surface area contributed by atoms with Crippen LogP contribution >= 0.6 is 11.3 Å². The quantitative estimate of drug-likeness (QED) is 0.795. The molecule has 0 amide bonds. The minimum atomic E-state index is -0.959. The Bertz CT molecular complexity index is 401. The zero-order valence-electron chi connectivity index (χ0n) is 8.97. The van der Waals surface area contributed by atoms with Crippen LogP contribution in [0.4, 0.5) is 0 Å². The zero-order chi connectivity index (χ0) is 11.8. The highest BCUT2D eigenvalue weighted by Gasteiger charge is 2.54. The molecular formula is C10H14N2O3S. The Morgan fingerprint density at radius 1 is 1.81 bits per heavy atom. The van der Waals surface area contributed by atoms with Gasteiger partial charge in [0.2, 0.25) is 0 Å². The summed E-state index contributed by atoms with van der Waals surface area (Å²) in [6.45, 7) is 0.461. The van der Waals surface area contributed by atoms with E-state index >= 15 is 0 Å². The predicted molar refractivity (Wildman–Crippen MR) is 59.4 cm³/mol. The SMILES string of the molecule is COCc1nc(C2(C(N)C(=O)O)CC2)cs1. The Labute approximate surface area is 97.2 Å². The van der Waals surface area contributed by atoms with Crippen LogP contribution < -0.4 is 5.73 Å². The fraction of sp³-hybridized carbons (Fsp3) is 0.600. The van der Waals surface area contributed by atoms with Crippen LogP contribution in [-0.2, 0) is 21.6 Å². The molecule has 1 unspecified atom stereocenters. The van der Waals surface area contributed by atoms with Crippen molar-refractivity contribution in [3.05, 3.63) is 16.1 Å². The van der Waals surface area contributed by atoms with Gasteiger partial charge in [0.25, 0.3) is 0 Å². The van der Waals surface area contributed by atoms with Crippen LogP contribution in [0.15, 0.2) is 5.38 Å². The van der Waals surface area contributed by atoms with Gasteiger partial charge in [-0.2, -0.15) is 0 Å². The molecule has 0 bridgehead atoms. The van der Waals surface area contributed by atoms with Crippen molar-refractivity contribution in [2.24, 2.45) is 5.73 Å². The zero-order valence-corrected chi connectivity index (χ0v) is 9.79. The molecule has 3 N–H and O–H groups in total. The molecule has 0 spiro atoms. The molecule has 0 radical (unpaired) electrons. The Kier molecular flexibility index (Phi) is 2.96. The largest absolute Gasteiger partial charge is 0.480 e. The van der Waals surface area contributed by atoms with E-state index in [9.17, 15) is 4.79 Å². The van der Waals surface area contributed by atoms with Gasteiger partial charge >= 0.3 is 5.97 Å². The molecule has 2 rings (SSSR count). The summed E-state index contributed by atoms with van der Waals surface area (Å²) in [6.07, 6.45) is 1.60. The number of ether oxygens (including phenoxy) is 1. The molecular weight excluding hydrogens is 228 g/mol. The lowest BCUT2D eigenvalue weighted by Gasteiger charge is -2.16. The number of nitrogens with zero attached hydrogens (tertiary/aromatic N) is 1. The molecule has 5 nitrogen and oxygen atoms in total. The van der Waals surface area contributed by atoms with E-state index < -0.39 is 17.4 Å². The molecule has 1 aliphatic carbocycles. The normalized spacial score (nSPS) is 19.4. The first-order valence-electron chi connectivity index (χ1n) is 5.02. The van der Waals surface area contributed by atoms with Crippen LogP contribution in [0.3, 0.4) is 0 Å². The van der Waals surface area contributed by atoms with Crippen molar-refractivity contribution in [1.82, 2.24) is 4.98 Å². The fourth-order valence-electron chi connectivity index (χ4n) is 1.83. The van der Waals surface area contributed by atoms with Crippen molar-refractivity contribution >= 4 is 17.3 Å². The second-order valence-electron chi connectivity index (χ2n) is 4.03. The van der Waals surface area contributed by atoms with Gasteiger partial charge in [0.05, 0.1) is 12.3 Å². The van der Waals surface area contributed by atoms with Crippen LogP contribution in [0.2, 0.25) is 0 Å². The van der Waals surface area contributed by atoms with Gasteiger partial charge in [-0.1, -0.05) is 0 Å². The maximum absolute atomic E-state index is 10.9. The highest BCUT2D eigenvalue weighted by molar-refractivity contribution is 7.09. The van der Waals surface area contributed by atoms with Gasteiger partial charge in [-0.15, -0.1) is 11.3 Å². The number of hydrogen-bond donors (Lipinski definition) is 2. The molecule has 1 fully saturated rings. The van der Waals surface area contributed by atoms with E-state index in [0.717, 1.165) is 23.5 Å². The molecule has 16 heavy (non-hydrogen) atoms. The minimum Gasteiger partial charge on any atom is -0.480 e. The summed E-state index contributed by atoms with van der Waals surface area (Å²) in [5.74, 6) is -0.959. The second kappa shape index (κ2) is 4.12. The summed E-state index contributed by atoms with van der Waals surface area (Å²) < 4.78 is 4.98. The highest BCUT2D eigenvalue weighted by Crippen LogP contribution is 2.50. The van der Waals surface area contributed by atoms with Crippen LogP contribution in [0.25, 0.3) is 0 Å². The van der Waals surface area contributed by atoms with Crippen LogP contribution in [-0.4, -0.2) is 29.2 Å². The first kappa shape index (κ1) is 11.5. The van der Waals surface area contributed by atoms with Crippen molar-refractivity contribution in [3.8, 4) is 0 Å². The maximum Gasteiger partial charge on any atom is 0.321 e. The highest BCUT2D eigenvalue weighted by atomic mass is 32.1. The van der Waals surface area contributed by atoms with E-state index in [4.69, 9.17) is 15.6 Å². The lowest BCUT2D eigenvalue weighted by atomic mass is 9.94. The number of rotatable bonds is 5. The predicted octanol–water partition coefficient (Wildman–Crippen LogP) is 0.733. The average molecular weight is 242 g/mol. The molecule has 1 aliphatic rings. The van der Waals surface area contributed by atoms with Gasteiger partial charge in [0.15, 0.2) is 0 Å². The Hall–Kier alpha value is -0.980. The Morgan fingerprint density at radius 2 is 2.50 bits per heavy atom. The van der Waals surface area contributed by atoms with E-state index in [-0.39, 0.29) is 0 Å². The van der Waals surface area contributed by atoms with Gasteiger partial charge < -0.3 is 15.6 Å². The summed E-state index contributed by atoms with van der Waals surface area (Å²) in [5.41, 5.74) is 6.07.